The first-order valence-corrected chi connectivity index (χ1v) is 9.09. The van der Waals surface area contributed by atoms with Crippen LogP contribution in [0.3, 0.4) is 0 Å². The molecule has 0 aliphatic rings. The summed E-state index contributed by atoms with van der Waals surface area (Å²) in [5.74, 6) is 1.42. The van der Waals surface area contributed by atoms with Gasteiger partial charge in [0.2, 0.25) is 0 Å². The fraction of sp³-hybridized carbons (Fsp3) is 0.130. The van der Waals surface area contributed by atoms with Gasteiger partial charge in [0.1, 0.15) is 17.1 Å². The summed E-state index contributed by atoms with van der Waals surface area (Å²) in [6.45, 7) is 1.94. The molecule has 146 valence electrons. The summed E-state index contributed by atoms with van der Waals surface area (Å²) in [6.07, 6.45) is 0. The topological polar surface area (TPSA) is 66.0 Å². The smallest absolute Gasteiger partial charge is 0.310 e. The lowest BCUT2D eigenvalue weighted by Gasteiger charge is -2.09. The van der Waals surface area contributed by atoms with Crippen molar-refractivity contribution >= 4 is 16.7 Å². The molecule has 4 aromatic rings. The Kier molecular flexibility index (Phi) is 4.91. The van der Waals surface area contributed by atoms with Gasteiger partial charge in [0.25, 0.3) is 5.56 Å². The van der Waals surface area contributed by atoms with E-state index in [0.29, 0.717) is 28.1 Å². The molecule has 6 heteroatoms. The number of hydrogen-bond acceptors (Lipinski definition) is 5. The number of aryl methyl sites for hydroxylation is 1. The van der Waals surface area contributed by atoms with E-state index in [1.165, 1.54) is 4.57 Å². The zero-order valence-corrected chi connectivity index (χ0v) is 16.4. The number of nitrogens with zero attached hydrogens (tertiary/aromatic N) is 2. The summed E-state index contributed by atoms with van der Waals surface area (Å²) in [7, 11) is 3.20. The molecule has 4 rings (SSSR count). The molecule has 0 spiro atoms. The van der Waals surface area contributed by atoms with Crippen LogP contribution in [-0.2, 0) is 0 Å². The van der Waals surface area contributed by atoms with E-state index in [9.17, 15) is 4.79 Å². The van der Waals surface area contributed by atoms with Crippen LogP contribution in [0.15, 0.2) is 80.9 Å². The quantitative estimate of drug-likeness (QED) is 0.527. The number of benzene rings is 3. The minimum absolute atomic E-state index is 0.182. The number of ether oxygens (including phenoxy) is 2. The first kappa shape index (κ1) is 18.6. The van der Waals surface area contributed by atoms with E-state index in [1.54, 1.807) is 68.8 Å². The second-order valence-electron chi connectivity index (χ2n) is 6.53. The third-order valence-electron chi connectivity index (χ3n) is 4.59. The van der Waals surface area contributed by atoms with Gasteiger partial charge in [-0.15, -0.1) is 0 Å². The number of hydrogen-bond donors (Lipinski definition) is 0. The molecule has 0 saturated carbocycles. The van der Waals surface area contributed by atoms with Crippen molar-refractivity contribution in [2.45, 2.75) is 6.92 Å². The van der Waals surface area contributed by atoms with Crippen molar-refractivity contribution in [3.05, 3.63) is 88.3 Å². The van der Waals surface area contributed by atoms with E-state index >= 15 is 0 Å². The largest absolute Gasteiger partial charge is 0.497 e. The van der Waals surface area contributed by atoms with Crippen molar-refractivity contribution in [1.29, 1.82) is 0 Å². The van der Waals surface area contributed by atoms with E-state index in [4.69, 9.17) is 13.9 Å². The van der Waals surface area contributed by atoms with E-state index < -0.39 is 0 Å². The highest BCUT2D eigenvalue weighted by Gasteiger charge is 2.11. The molecule has 0 unspecified atom stereocenters. The van der Waals surface area contributed by atoms with Crippen LogP contribution in [0.25, 0.3) is 16.7 Å². The summed E-state index contributed by atoms with van der Waals surface area (Å²) in [4.78, 5) is 17.9. The molecule has 1 aromatic heterocycles. The summed E-state index contributed by atoms with van der Waals surface area (Å²) in [5.41, 5.74) is 2.72. The van der Waals surface area contributed by atoms with E-state index in [1.807, 2.05) is 19.1 Å². The van der Waals surface area contributed by atoms with Crippen molar-refractivity contribution in [2.75, 3.05) is 14.2 Å². The maximum Gasteiger partial charge on any atom is 0.310 e. The molecule has 6 nitrogen and oxygen atoms in total. The molecule has 0 aliphatic carbocycles. The predicted octanol–water partition coefficient (Wildman–Crippen LogP) is 4.14. The van der Waals surface area contributed by atoms with Crippen LogP contribution >= 0.6 is 0 Å². The van der Waals surface area contributed by atoms with E-state index in [-0.39, 0.29) is 11.2 Å². The second kappa shape index (κ2) is 7.67. The minimum Gasteiger partial charge on any atom is -0.497 e. The van der Waals surface area contributed by atoms with Crippen molar-refractivity contribution in [3.63, 3.8) is 0 Å². The Morgan fingerprint density at radius 1 is 0.862 bits per heavy atom. The lowest BCUT2D eigenvalue weighted by atomic mass is 10.2. The first-order valence-electron chi connectivity index (χ1n) is 9.09. The van der Waals surface area contributed by atoms with Gasteiger partial charge >= 0.3 is 5.68 Å². The third kappa shape index (κ3) is 3.65. The molecule has 0 amide bonds. The van der Waals surface area contributed by atoms with Crippen LogP contribution in [0, 0.1) is 6.92 Å². The van der Waals surface area contributed by atoms with Crippen LogP contribution in [0.2, 0.25) is 0 Å². The Morgan fingerprint density at radius 2 is 1.48 bits per heavy atom. The van der Waals surface area contributed by atoms with Gasteiger partial charge in [-0.25, -0.2) is 4.57 Å². The summed E-state index contributed by atoms with van der Waals surface area (Å²) in [5, 5.41) is 0.495. The normalized spacial score (nSPS) is 11.6. The van der Waals surface area contributed by atoms with Crippen LogP contribution in [0.1, 0.15) is 5.56 Å². The Hall–Kier alpha value is -3.80. The monoisotopic (exact) mass is 388 g/mol. The number of methoxy groups -OCH3 is 2. The fourth-order valence-electron chi connectivity index (χ4n) is 3.05. The average molecular weight is 388 g/mol. The van der Waals surface area contributed by atoms with Gasteiger partial charge in [-0.2, -0.15) is 4.99 Å². The summed E-state index contributed by atoms with van der Waals surface area (Å²) in [6, 6.07) is 19.9. The molecule has 0 bridgehead atoms. The Morgan fingerprint density at radius 3 is 2.10 bits per heavy atom. The predicted molar refractivity (Wildman–Crippen MR) is 111 cm³/mol. The van der Waals surface area contributed by atoms with E-state index in [2.05, 4.69) is 4.99 Å². The molecule has 29 heavy (non-hydrogen) atoms. The second-order valence-corrected chi connectivity index (χ2v) is 6.53. The zero-order valence-electron chi connectivity index (χ0n) is 16.4. The van der Waals surface area contributed by atoms with Crippen LogP contribution in [0.5, 0.6) is 11.5 Å². The summed E-state index contributed by atoms with van der Waals surface area (Å²) < 4.78 is 17.9. The number of aromatic nitrogens is 1. The SMILES string of the molecule is COc1ccc(N=c2oc3ccc(C)cc3c(=O)n2-c2ccc(OC)cc2)cc1. The van der Waals surface area contributed by atoms with Gasteiger partial charge in [-0.1, -0.05) is 11.6 Å². The lowest BCUT2D eigenvalue weighted by molar-refractivity contribution is 0.414. The summed E-state index contributed by atoms with van der Waals surface area (Å²) >= 11 is 0. The van der Waals surface area contributed by atoms with Crippen molar-refractivity contribution in [1.82, 2.24) is 4.57 Å². The van der Waals surface area contributed by atoms with Gasteiger partial charge in [0.15, 0.2) is 0 Å². The Balaban J connectivity index is 2.01. The van der Waals surface area contributed by atoms with Crippen molar-refractivity contribution in [3.8, 4) is 17.2 Å². The first-order chi connectivity index (χ1) is 14.1. The minimum atomic E-state index is -0.202. The highest BCUT2D eigenvalue weighted by Crippen LogP contribution is 2.18. The zero-order chi connectivity index (χ0) is 20.4. The number of fused-ring (bicyclic) bond motifs is 1. The van der Waals surface area contributed by atoms with Crippen molar-refractivity contribution in [2.24, 2.45) is 4.99 Å². The van der Waals surface area contributed by atoms with Gasteiger partial charge in [0, 0.05) is 0 Å². The maximum atomic E-state index is 13.3. The van der Waals surface area contributed by atoms with Crippen LogP contribution in [-0.4, -0.2) is 18.8 Å². The van der Waals surface area contributed by atoms with Gasteiger partial charge in [-0.05, 0) is 67.6 Å². The molecular weight excluding hydrogens is 368 g/mol. The van der Waals surface area contributed by atoms with Gasteiger partial charge < -0.3 is 13.9 Å². The lowest BCUT2D eigenvalue weighted by Crippen LogP contribution is -2.31. The van der Waals surface area contributed by atoms with Crippen LogP contribution in [0.4, 0.5) is 5.69 Å². The fourth-order valence-corrected chi connectivity index (χ4v) is 3.05. The number of rotatable bonds is 4. The highest BCUT2D eigenvalue weighted by atomic mass is 16.5. The Labute approximate surface area is 167 Å². The van der Waals surface area contributed by atoms with Gasteiger partial charge in [-0.3, -0.25) is 4.79 Å². The molecule has 0 saturated heterocycles. The highest BCUT2D eigenvalue weighted by molar-refractivity contribution is 5.76. The van der Waals surface area contributed by atoms with Gasteiger partial charge in [0.05, 0.1) is 31.0 Å². The molecule has 0 aliphatic heterocycles. The third-order valence-corrected chi connectivity index (χ3v) is 4.59. The van der Waals surface area contributed by atoms with E-state index in [0.717, 1.165) is 11.3 Å². The molecule has 1 heterocycles. The maximum absolute atomic E-state index is 13.3. The molecule has 3 aromatic carbocycles. The van der Waals surface area contributed by atoms with Crippen molar-refractivity contribution < 1.29 is 13.9 Å². The molecular formula is C23H20N2O4. The van der Waals surface area contributed by atoms with Crippen LogP contribution < -0.4 is 20.7 Å². The molecule has 0 fully saturated rings. The average Bonchev–Trinajstić information content (AvgIpc) is 2.75. The molecule has 0 N–H and O–H groups in total. The standard InChI is InChI=1S/C23H20N2O4/c1-15-4-13-21-20(14-15)22(26)25(17-7-11-19(28-3)12-8-17)23(29-21)24-16-5-9-18(27-2)10-6-16/h4-14H,1-3H3. The molecule has 0 atom stereocenters. The molecule has 0 radical (unpaired) electrons. The Bertz CT molecular complexity index is 1280.